The van der Waals surface area contributed by atoms with Crippen molar-refractivity contribution in [3.63, 3.8) is 0 Å². The van der Waals surface area contributed by atoms with E-state index in [0.29, 0.717) is 36.3 Å². The van der Waals surface area contributed by atoms with E-state index in [4.69, 9.17) is 10.7 Å². The molecule has 4 N–H and O–H groups in total. The molecule has 2 fully saturated rings. The highest BCUT2D eigenvalue weighted by Gasteiger charge is 2.44. The molecule has 0 unspecified atom stereocenters. The van der Waals surface area contributed by atoms with Crippen LogP contribution in [0.4, 0.5) is 5.82 Å². The molecule has 3 atom stereocenters. The number of anilines is 1. The Morgan fingerprint density at radius 3 is 2.52 bits per heavy atom. The van der Waals surface area contributed by atoms with Gasteiger partial charge in [-0.1, -0.05) is 0 Å². The third kappa shape index (κ3) is 3.47. The molecule has 33 heavy (non-hydrogen) atoms. The molecule has 3 aromatic heterocycles. The summed E-state index contributed by atoms with van der Waals surface area (Å²) in [6.07, 6.45) is 8.24. The van der Waals surface area contributed by atoms with Crippen LogP contribution in [0.25, 0.3) is 16.8 Å². The van der Waals surface area contributed by atoms with Crippen LogP contribution in [0, 0.1) is 0 Å². The lowest BCUT2D eigenvalue weighted by Crippen LogP contribution is -2.47. The van der Waals surface area contributed by atoms with Crippen LogP contribution in [0.15, 0.2) is 18.6 Å². The molecule has 11 heteroatoms. The molecule has 2 saturated heterocycles. The molecule has 2 bridgehead atoms. The van der Waals surface area contributed by atoms with E-state index in [1.807, 2.05) is 11.1 Å². The lowest BCUT2D eigenvalue weighted by atomic mass is 9.85. The lowest BCUT2D eigenvalue weighted by Gasteiger charge is -2.39. The fourth-order valence-electron chi connectivity index (χ4n) is 5.51. The van der Waals surface area contributed by atoms with Crippen molar-refractivity contribution in [1.29, 1.82) is 0 Å². The first kappa shape index (κ1) is 21.5. The Labute approximate surface area is 189 Å². The quantitative estimate of drug-likeness (QED) is 0.459. The van der Waals surface area contributed by atoms with Gasteiger partial charge in [-0.25, -0.2) is 4.98 Å². The van der Waals surface area contributed by atoms with E-state index in [1.54, 1.807) is 17.1 Å². The number of hydrogen-bond donors (Lipinski definition) is 3. The Morgan fingerprint density at radius 1 is 1.15 bits per heavy atom. The van der Waals surface area contributed by atoms with Crippen molar-refractivity contribution in [1.82, 2.24) is 29.3 Å². The largest absolute Gasteiger partial charge is 0.394 e. The zero-order valence-corrected chi connectivity index (χ0v) is 18.4. The van der Waals surface area contributed by atoms with Gasteiger partial charge in [0.1, 0.15) is 12.4 Å². The zero-order valence-electron chi connectivity index (χ0n) is 18.4. The molecular formula is C22H27N7O4. The molecule has 0 radical (unpaired) electrons. The number of piperidine rings is 1. The summed E-state index contributed by atoms with van der Waals surface area (Å²) in [6, 6.07) is 0.0436. The van der Waals surface area contributed by atoms with Crippen LogP contribution in [0.3, 0.4) is 0 Å². The summed E-state index contributed by atoms with van der Waals surface area (Å²) in [4.78, 5) is 31.6. The summed E-state index contributed by atoms with van der Waals surface area (Å²) in [6.45, 7) is 1.34. The Kier molecular flexibility index (Phi) is 5.37. The van der Waals surface area contributed by atoms with Crippen molar-refractivity contribution in [3.05, 3.63) is 29.8 Å². The average molecular weight is 454 g/mol. The molecular weight excluding hydrogens is 426 g/mol. The number of nitrogen functional groups attached to an aromatic ring is 1. The fourth-order valence-corrected chi connectivity index (χ4v) is 5.51. The van der Waals surface area contributed by atoms with Gasteiger partial charge < -0.3 is 20.8 Å². The summed E-state index contributed by atoms with van der Waals surface area (Å²) < 4.78 is 3.12. The van der Waals surface area contributed by atoms with Crippen LogP contribution in [-0.4, -0.2) is 76.5 Å². The van der Waals surface area contributed by atoms with Crippen molar-refractivity contribution in [2.75, 3.05) is 18.9 Å². The number of amides is 1. The van der Waals surface area contributed by atoms with E-state index in [-0.39, 0.29) is 42.1 Å². The maximum absolute atomic E-state index is 12.6. The Hall–Kier alpha value is -3.31. The third-order valence-electron chi connectivity index (χ3n) is 6.88. The molecule has 3 aromatic rings. The summed E-state index contributed by atoms with van der Waals surface area (Å²) in [7, 11) is 0. The fraction of sp³-hybridized carbons (Fsp3) is 0.500. The number of aliphatic hydroxyl groups is 2. The SMILES string of the molecule is CC(=O)c1c([C@@H]2C[C@H]3CC[C@@H](C2)N3C(=O)CO)nc2c(-c3cnn(CCO)c3)cnn2c1N. The van der Waals surface area contributed by atoms with Gasteiger partial charge in [-0.2, -0.15) is 14.7 Å². The van der Waals surface area contributed by atoms with Gasteiger partial charge in [0.05, 0.1) is 36.8 Å². The van der Waals surface area contributed by atoms with Crippen LogP contribution >= 0.6 is 0 Å². The molecule has 0 aliphatic carbocycles. The standard InChI is InChI=1S/C22H27N7O4/c1-12(32)19-20(13-6-15-2-3-16(7-13)28(15)18(33)11-31)26-22-17(9-25-29(22)21(19)23)14-8-24-27(10-14)4-5-30/h8-10,13,15-16,30-31H,2-7,11,23H2,1H3/t13-,15-,16+. The second-order valence-electron chi connectivity index (χ2n) is 8.84. The summed E-state index contributed by atoms with van der Waals surface area (Å²) in [5.41, 5.74) is 9.52. The molecule has 0 aromatic carbocycles. The minimum Gasteiger partial charge on any atom is -0.394 e. The van der Waals surface area contributed by atoms with E-state index in [9.17, 15) is 19.8 Å². The maximum Gasteiger partial charge on any atom is 0.248 e. The van der Waals surface area contributed by atoms with Gasteiger partial charge in [0.25, 0.3) is 0 Å². The maximum atomic E-state index is 12.6. The topological polar surface area (TPSA) is 152 Å². The van der Waals surface area contributed by atoms with Gasteiger partial charge in [-0.05, 0) is 32.6 Å². The number of nitrogens with zero attached hydrogens (tertiary/aromatic N) is 6. The molecule has 1 amide bonds. The number of rotatable bonds is 6. The monoisotopic (exact) mass is 453 g/mol. The number of carbonyl (C=O) groups is 2. The van der Waals surface area contributed by atoms with E-state index in [0.717, 1.165) is 24.0 Å². The van der Waals surface area contributed by atoms with Crippen molar-refractivity contribution < 1.29 is 19.8 Å². The van der Waals surface area contributed by atoms with Crippen LogP contribution in [-0.2, 0) is 11.3 Å². The molecule has 11 nitrogen and oxygen atoms in total. The van der Waals surface area contributed by atoms with Crippen molar-refractivity contribution >= 4 is 23.2 Å². The summed E-state index contributed by atoms with van der Waals surface area (Å²) in [5.74, 6) is -0.200. The Bertz CT molecular complexity index is 1220. The first-order valence-corrected chi connectivity index (χ1v) is 11.2. The van der Waals surface area contributed by atoms with E-state index in [2.05, 4.69) is 10.2 Å². The van der Waals surface area contributed by atoms with Gasteiger partial charge in [0.15, 0.2) is 11.4 Å². The highest BCUT2D eigenvalue weighted by Crippen LogP contribution is 2.44. The van der Waals surface area contributed by atoms with Crippen molar-refractivity contribution in [3.8, 4) is 11.1 Å². The third-order valence-corrected chi connectivity index (χ3v) is 6.88. The second-order valence-corrected chi connectivity index (χ2v) is 8.84. The van der Waals surface area contributed by atoms with Crippen LogP contribution in [0.5, 0.6) is 0 Å². The number of aromatic nitrogens is 5. The van der Waals surface area contributed by atoms with Gasteiger partial charge >= 0.3 is 0 Å². The number of fused-ring (bicyclic) bond motifs is 3. The first-order chi connectivity index (χ1) is 15.9. The smallest absolute Gasteiger partial charge is 0.248 e. The normalized spacial score (nSPS) is 22.3. The predicted molar refractivity (Wildman–Crippen MR) is 118 cm³/mol. The van der Waals surface area contributed by atoms with E-state index < -0.39 is 6.61 Å². The van der Waals surface area contributed by atoms with Crippen LogP contribution in [0.2, 0.25) is 0 Å². The number of hydrogen-bond acceptors (Lipinski definition) is 8. The van der Waals surface area contributed by atoms with Gasteiger partial charge in [0, 0.05) is 35.3 Å². The number of aliphatic hydroxyl groups excluding tert-OH is 2. The first-order valence-electron chi connectivity index (χ1n) is 11.2. The summed E-state index contributed by atoms with van der Waals surface area (Å²) in [5, 5.41) is 27.2. The van der Waals surface area contributed by atoms with Crippen molar-refractivity contribution in [2.45, 2.75) is 57.2 Å². The molecule has 0 saturated carbocycles. The molecule has 2 aliphatic rings. The Morgan fingerprint density at radius 2 is 1.88 bits per heavy atom. The molecule has 2 aliphatic heterocycles. The van der Waals surface area contributed by atoms with Crippen LogP contribution in [0.1, 0.15) is 54.6 Å². The summed E-state index contributed by atoms with van der Waals surface area (Å²) >= 11 is 0. The molecule has 0 spiro atoms. The highest BCUT2D eigenvalue weighted by atomic mass is 16.3. The Balaban J connectivity index is 1.59. The zero-order chi connectivity index (χ0) is 23.3. The highest BCUT2D eigenvalue weighted by molar-refractivity contribution is 6.00. The second kappa shape index (κ2) is 8.23. The number of Topliss-reactive ketones (excluding diaryl/α,β-unsaturated/α-hetero) is 1. The molecule has 5 heterocycles. The minimum absolute atomic E-state index is 0.0208. The average Bonchev–Trinajstić information content (AvgIpc) is 3.49. The lowest BCUT2D eigenvalue weighted by molar-refractivity contribution is -0.138. The number of ketones is 1. The molecule has 5 rings (SSSR count). The van der Waals surface area contributed by atoms with E-state index in [1.165, 1.54) is 11.4 Å². The predicted octanol–water partition coefficient (Wildman–Crippen LogP) is 0.599. The number of carbonyl (C=O) groups excluding carboxylic acids is 2. The van der Waals surface area contributed by atoms with Crippen molar-refractivity contribution in [2.24, 2.45) is 0 Å². The van der Waals surface area contributed by atoms with Gasteiger partial charge in [-0.15, -0.1) is 0 Å². The van der Waals surface area contributed by atoms with E-state index >= 15 is 0 Å². The van der Waals surface area contributed by atoms with Gasteiger partial charge in [0.2, 0.25) is 5.91 Å². The van der Waals surface area contributed by atoms with Gasteiger partial charge in [-0.3, -0.25) is 14.3 Å². The minimum atomic E-state index is -0.489. The van der Waals surface area contributed by atoms with Crippen LogP contribution < -0.4 is 5.73 Å². The molecule has 174 valence electrons. The number of nitrogens with two attached hydrogens (primary N) is 1.